The summed E-state index contributed by atoms with van der Waals surface area (Å²) >= 11 is 0. The van der Waals surface area contributed by atoms with Gasteiger partial charge < -0.3 is 10.4 Å². The lowest BCUT2D eigenvalue weighted by Crippen LogP contribution is -2.31. The summed E-state index contributed by atoms with van der Waals surface area (Å²) < 4.78 is 25.8. The van der Waals surface area contributed by atoms with E-state index in [4.69, 9.17) is 5.84 Å². The lowest BCUT2D eigenvalue weighted by atomic mass is 10.1. The lowest BCUT2D eigenvalue weighted by Gasteiger charge is -2.12. The molecule has 0 bridgehead atoms. The number of carboxylic acid groups (broad SMARTS) is 1. The smallest absolute Gasteiger partial charge is 0.337 e. The van der Waals surface area contributed by atoms with Gasteiger partial charge in [0.05, 0.1) is 16.9 Å². The molecule has 0 unspecified atom stereocenters. The van der Waals surface area contributed by atoms with Gasteiger partial charge in [0.2, 0.25) is 15.9 Å². The highest BCUT2D eigenvalue weighted by atomic mass is 32.2. The third kappa shape index (κ3) is 5.26. The molecule has 144 valence electrons. The molecule has 0 spiro atoms. The van der Waals surface area contributed by atoms with E-state index in [1.54, 1.807) is 18.2 Å². The van der Waals surface area contributed by atoms with Crippen LogP contribution >= 0.6 is 0 Å². The molecule has 2 aromatic rings. The van der Waals surface area contributed by atoms with E-state index in [1.807, 2.05) is 6.07 Å². The zero-order valence-electron chi connectivity index (χ0n) is 14.5. The highest BCUT2D eigenvalue weighted by Crippen LogP contribution is 2.21. The third-order valence-electron chi connectivity index (χ3n) is 3.80. The van der Waals surface area contributed by atoms with Crippen LogP contribution in [-0.2, 0) is 27.8 Å². The van der Waals surface area contributed by atoms with Gasteiger partial charge in [-0.2, -0.15) is 0 Å². The van der Waals surface area contributed by atoms with E-state index in [1.165, 1.54) is 19.2 Å². The lowest BCUT2D eigenvalue weighted by molar-refractivity contribution is -0.120. The number of carboxylic acids is 1. The van der Waals surface area contributed by atoms with Crippen LogP contribution in [0.15, 0.2) is 47.4 Å². The van der Waals surface area contributed by atoms with Gasteiger partial charge >= 0.3 is 5.97 Å². The monoisotopic (exact) mass is 392 g/mol. The Balaban J connectivity index is 2.22. The summed E-state index contributed by atoms with van der Waals surface area (Å²) in [4.78, 5) is 22.7. The van der Waals surface area contributed by atoms with E-state index in [9.17, 15) is 23.1 Å². The van der Waals surface area contributed by atoms with Crippen molar-refractivity contribution in [2.24, 2.45) is 5.84 Å². The van der Waals surface area contributed by atoms with Gasteiger partial charge in [0.1, 0.15) is 0 Å². The first kappa shape index (κ1) is 20.4. The first-order valence-corrected chi connectivity index (χ1v) is 9.37. The van der Waals surface area contributed by atoms with Crippen LogP contribution in [0.4, 0.5) is 5.69 Å². The van der Waals surface area contributed by atoms with Gasteiger partial charge in [-0.1, -0.05) is 24.3 Å². The Hall–Kier alpha value is -2.95. The fourth-order valence-corrected chi connectivity index (χ4v) is 3.18. The summed E-state index contributed by atoms with van der Waals surface area (Å²) in [6.45, 7) is 0.288. The van der Waals surface area contributed by atoms with Crippen LogP contribution < -0.4 is 21.3 Å². The van der Waals surface area contributed by atoms with Crippen molar-refractivity contribution < 1.29 is 23.1 Å². The number of nitrogens with one attached hydrogen (secondary N) is 3. The maximum Gasteiger partial charge on any atom is 0.337 e. The highest BCUT2D eigenvalue weighted by Gasteiger charge is 2.17. The fourth-order valence-electron chi connectivity index (χ4n) is 2.42. The molecule has 0 aliphatic rings. The average molecular weight is 392 g/mol. The van der Waals surface area contributed by atoms with Gasteiger partial charge in [-0.3, -0.25) is 10.2 Å². The molecule has 0 fully saturated rings. The van der Waals surface area contributed by atoms with Gasteiger partial charge in [-0.05, 0) is 36.4 Å². The predicted molar refractivity (Wildman–Crippen MR) is 99.4 cm³/mol. The molecule has 0 atom stereocenters. The number of carbonyl (C=O) groups is 2. The summed E-state index contributed by atoms with van der Waals surface area (Å²) in [6.07, 6.45) is 0.126. The number of nitrogens with two attached hydrogens (primary N) is 1. The molecule has 9 nitrogen and oxygen atoms in total. The molecule has 0 aliphatic heterocycles. The van der Waals surface area contributed by atoms with Gasteiger partial charge in [0, 0.05) is 12.2 Å². The minimum atomic E-state index is -3.75. The highest BCUT2D eigenvalue weighted by molar-refractivity contribution is 7.89. The van der Waals surface area contributed by atoms with Crippen LogP contribution in [-0.4, -0.2) is 32.4 Å². The Kier molecular flexibility index (Phi) is 6.50. The van der Waals surface area contributed by atoms with Crippen LogP contribution in [0.25, 0.3) is 0 Å². The first-order chi connectivity index (χ1) is 12.8. The summed E-state index contributed by atoms with van der Waals surface area (Å²) in [7, 11) is -2.50. The van der Waals surface area contributed by atoms with Crippen LogP contribution in [0.3, 0.4) is 0 Å². The number of carbonyl (C=O) groups excluding carboxylic acids is 1. The number of hydrogen-bond acceptors (Lipinski definition) is 6. The first-order valence-electron chi connectivity index (χ1n) is 7.89. The summed E-state index contributed by atoms with van der Waals surface area (Å²) in [5.41, 5.74) is 3.75. The third-order valence-corrected chi connectivity index (χ3v) is 5.21. The largest absolute Gasteiger partial charge is 0.478 e. The van der Waals surface area contributed by atoms with Crippen molar-refractivity contribution in [2.75, 3.05) is 12.4 Å². The van der Waals surface area contributed by atoms with Gasteiger partial charge in [0.15, 0.2) is 0 Å². The fraction of sp³-hybridized carbons (Fsp3) is 0.176. The number of aromatic carboxylic acids is 1. The predicted octanol–water partition coefficient (Wildman–Crippen LogP) is 0.437. The molecular weight excluding hydrogens is 372 g/mol. The van der Waals surface area contributed by atoms with Crippen molar-refractivity contribution in [1.82, 2.24) is 10.1 Å². The van der Waals surface area contributed by atoms with Gasteiger partial charge in [-0.25, -0.2) is 23.8 Å². The van der Waals surface area contributed by atoms with E-state index in [2.05, 4.69) is 15.5 Å². The average Bonchev–Trinajstić information content (AvgIpc) is 2.66. The maximum atomic E-state index is 11.9. The number of amides is 1. The molecule has 0 heterocycles. The number of rotatable bonds is 8. The van der Waals surface area contributed by atoms with Gasteiger partial charge in [-0.15, -0.1) is 0 Å². The Morgan fingerprint density at radius 3 is 2.44 bits per heavy atom. The van der Waals surface area contributed by atoms with Crippen molar-refractivity contribution in [2.45, 2.75) is 17.9 Å². The topological polar surface area (TPSA) is 151 Å². The zero-order valence-corrected chi connectivity index (χ0v) is 15.3. The molecule has 0 saturated heterocycles. The summed E-state index contributed by atoms with van der Waals surface area (Å²) in [5, 5.41) is 12.4. The SMILES string of the molecule is CNS(=O)(=O)c1ccc(NCc2cccc(CC(=O)NN)c2)c(C(=O)O)c1. The van der Waals surface area contributed by atoms with Crippen molar-refractivity contribution >= 4 is 27.6 Å². The standard InChI is InChI=1S/C17H20N4O5S/c1-19-27(25,26)13-5-6-15(14(9-13)17(23)24)20-10-12-4-2-3-11(7-12)8-16(22)21-18/h2-7,9,19-20H,8,10,18H2,1H3,(H,21,22)(H,23,24). The Morgan fingerprint density at radius 2 is 1.81 bits per heavy atom. The second-order valence-corrected chi connectivity index (χ2v) is 7.52. The quantitative estimate of drug-likeness (QED) is 0.248. The second-order valence-electron chi connectivity index (χ2n) is 5.64. The molecule has 10 heteroatoms. The van der Waals surface area contributed by atoms with Crippen LogP contribution in [0, 0.1) is 0 Å². The normalized spacial score (nSPS) is 11.0. The maximum absolute atomic E-state index is 11.9. The Morgan fingerprint density at radius 1 is 1.11 bits per heavy atom. The summed E-state index contributed by atoms with van der Waals surface area (Å²) in [6, 6.07) is 11.0. The molecule has 0 saturated carbocycles. The number of anilines is 1. The zero-order chi connectivity index (χ0) is 20.0. The van der Waals surface area contributed by atoms with Crippen molar-refractivity contribution in [1.29, 1.82) is 0 Å². The van der Waals surface area contributed by atoms with E-state index >= 15 is 0 Å². The molecule has 0 aromatic heterocycles. The van der Waals surface area contributed by atoms with Crippen molar-refractivity contribution in [3.05, 3.63) is 59.2 Å². The van der Waals surface area contributed by atoms with E-state index < -0.39 is 16.0 Å². The van der Waals surface area contributed by atoms with E-state index in [-0.39, 0.29) is 35.0 Å². The molecule has 27 heavy (non-hydrogen) atoms. The minimum absolute atomic E-state index is 0.126. The number of benzene rings is 2. The van der Waals surface area contributed by atoms with Crippen LogP contribution in [0.1, 0.15) is 21.5 Å². The van der Waals surface area contributed by atoms with E-state index in [0.29, 0.717) is 0 Å². The molecule has 6 N–H and O–H groups in total. The Labute approximate surface area is 156 Å². The number of sulfonamides is 1. The van der Waals surface area contributed by atoms with E-state index in [0.717, 1.165) is 17.2 Å². The summed E-state index contributed by atoms with van der Waals surface area (Å²) in [5.74, 6) is 3.50. The van der Waals surface area contributed by atoms with Gasteiger partial charge in [0.25, 0.3) is 0 Å². The number of hydrazine groups is 1. The van der Waals surface area contributed by atoms with Crippen LogP contribution in [0.2, 0.25) is 0 Å². The molecule has 2 aromatic carbocycles. The minimum Gasteiger partial charge on any atom is -0.478 e. The second kappa shape index (κ2) is 8.62. The molecular formula is C17H20N4O5S. The van der Waals surface area contributed by atoms with Crippen molar-refractivity contribution in [3.8, 4) is 0 Å². The van der Waals surface area contributed by atoms with Crippen molar-refractivity contribution in [3.63, 3.8) is 0 Å². The molecule has 0 aliphatic carbocycles. The van der Waals surface area contributed by atoms with Crippen LogP contribution in [0.5, 0.6) is 0 Å². The molecule has 1 amide bonds. The number of hydrogen-bond donors (Lipinski definition) is 5. The molecule has 0 radical (unpaired) electrons. The molecule has 2 rings (SSSR count). The Bertz CT molecular complexity index is 960.